The first kappa shape index (κ1) is 15.4. The Balaban J connectivity index is 1.86. The Hall–Kier alpha value is -2.12. The number of rotatable bonds is 2. The van der Waals surface area contributed by atoms with Crippen molar-refractivity contribution in [3.63, 3.8) is 0 Å². The number of thiazole rings is 1. The number of nitrogens with zero attached hydrogens (tertiary/aromatic N) is 2. The number of aliphatic imine (C=N–C) groups is 1. The molecule has 0 saturated heterocycles. The highest BCUT2D eigenvalue weighted by molar-refractivity contribution is 8.16. The molecule has 0 aliphatic carbocycles. The average Bonchev–Trinajstić information content (AvgIpc) is 3.07. The molecule has 1 aromatic heterocycles. The van der Waals surface area contributed by atoms with Crippen LogP contribution in [0.3, 0.4) is 0 Å². The predicted octanol–water partition coefficient (Wildman–Crippen LogP) is 3.76. The van der Waals surface area contributed by atoms with Crippen LogP contribution in [0, 0.1) is 0 Å². The highest BCUT2D eigenvalue weighted by Gasteiger charge is 2.43. The Labute approximate surface area is 146 Å². The van der Waals surface area contributed by atoms with Gasteiger partial charge in [0.25, 0.3) is 0 Å². The fourth-order valence-electron chi connectivity index (χ4n) is 2.88. The number of hydrogen-bond donors (Lipinski definition) is 2. The van der Waals surface area contributed by atoms with E-state index >= 15 is 0 Å². The molecule has 0 spiro atoms. The Morgan fingerprint density at radius 2 is 2.08 bits per heavy atom. The summed E-state index contributed by atoms with van der Waals surface area (Å²) in [5.74, 6) is -0.899. The summed E-state index contributed by atoms with van der Waals surface area (Å²) in [6.45, 7) is 3.80. The van der Waals surface area contributed by atoms with Gasteiger partial charge in [0.2, 0.25) is 0 Å². The summed E-state index contributed by atoms with van der Waals surface area (Å²) in [7, 11) is 0. The molecule has 24 heavy (non-hydrogen) atoms. The topological polar surface area (TPSA) is 88.6 Å². The van der Waals surface area contributed by atoms with Crippen LogP contribution in [-0.4, -0.2) is 31.9 Å². The summed E-state index contributed by atoms with van der Waals surface area (Å²) >= 11 is 3.03. The normalized spacial score (nSPS) is 19.8. The lowest BCUT2D eigenvalue weighted by atomic mass is 10.0. The summed E-state index contributed by atoms with van der Waals surface area (Å²) in [5.41, 5.74) is 7.48. The van der Waals surface area contributed by atoms with E-state index in [2.05, 4.69) is 9.98 Å². The molecular weight excluding hydrogens is 342 g/mol. The van der Waals surface area contributed by atoms with E-state index in [1.165, 1.54) is 11.8 Å². The number of fused-ring (bicyclic) bond motifs is 3. The van der Waals surface area contributed by atoms with Crippen LogP contribution in [0.5, 0.6) is 0 Å². The summed E-state index contributed by atoms with van der Waals surface area (Å²) < 4.78 is 0.595. The van der Waals surface area contributed by atoms with Gasteiger partial charge >= 0.3 is 5.97 Å². The molecule has 1 atom stereocenters. The zero-order chi connectivity index (χ0) is 17.1. The van der Waals surface area contributed by atoms with Crippen molar-refractivity contribution >= 4 is 60.8 Å². The van der Waals surface area contributed by atoms with Crippen molar-refractivity contribution in [1.29, 1.82) is 0 Å². The quantitative estimate of drug-likeness (QED) is 0.682. The number of carboxylic acids is 1. The smallest absolute Gasteiger partial charge is 0.329 e. The Bertz CT molecular complexity index is 1020. The van der Waals surface area contributed by atoms with E-state index in [4.69, 9.17) is 5.73 Å². The van der Waals surface area contributed by atoms with Gasteiger partial charge < -0.3 is 10.8 Å². The SMILES string of the molecule is CC1(C)SC(c2nc3ccc4cc(N)ccc4c3s2)=N[C@H]1C(=O)O. The fourth-order valence-corrected chi connectivity index (χ4v) is 5.18. The minimum Gasteiger partial charge on any atom is -0.480 e. The van der Waals surface area contributed by atoms with Crippen LogP contribution >= 0.6 is 23.1 Å². The van der Waals surface area contributed by atoms with Crippen LogP contribution in [0.1, 0.15) is 18.9 Å². The summed E-state index contributed by atoms with van der Waals surface area (Å²) in [6, 6.07) is 9.05. The van der Waals surface area contributed by atoms with E-state index in [1.54, 1.807) is 11.3 Å². The van der Waals surface area contributed by atoms with E-state index in [-0.39, 0.29) is 0 Å². The molecule has 0 radical (unpaired) electrons. The predicted molar refractivity (Wildman–Crippen MR) is 101 cm³/mol. The van der Waals surface area contributed by atoms with Crippen molar-refractivity contribution in [2.45, 2.75) is 24.6 Å². The van der Waals surface area contributed by atoms with Crippen LogP contribution in [0.15, 0.2) is 35.3 Å². The first-order valence-corrected chi connectivity index (χ1v) is 9.07. The van der Waals surface area contributed by atoms with E-state index in [0.717, 1.165) is 31.7 Å². The number of anilines is 1. The molecule has 4 rings (SSSR count). The lowest BCUT2D eigenvalue weighted by Gasteiger charge is -2.19. The zero-order valence-electron chi connectivity index (χ0n) is 13.1. The molecule has 5 nitrogen and oxygen atoms in total. The minimum absolute atomic E-state index is 0.477. The average molecular weight is 357 g/mol. The van der Waals surface area contributed by atoms with Crippen LogP contribution in [0.2, 0.25) is 0 Å². The van der Waals surface area contributed by atoms with Crippen molar-refractivity contribution in [2.24, 2.45) is 4.99 Å². The monoisotopic (exact) mass is 357 g/mol. The van der Waals surface area contributed by atoms with Crippen LogP contribution in [0.25, 0.3) is 21.0 Å². The third kappa shape index (κ3) is 2.35. The number of hydrogen-bond acceptors (Lipinski definition) is 6. The molecule has 3 aromatic rings. The van der Waals surface area contributed by atoms with Crippen molar-refractivity contribution in [1.82, 2.24) is 4.98 Å². The molecule has 2 heterocycles. The van der Waals surface area contributed by atoms with Crippen molar-refractivity contribution < 1.29 is 9.90 Å². The second-order valence-corrected chi connectivity index (χ2v) is 8.94. The number of aliphatic carboxylic acids is 1. The first-order valence-electron chi connectivity index (χ1n) is 7.44. The van der Waals surface area contributed by atoms with Crippen LogP contribution < -0.4 is 5.73 Å². The number of nitrogens with two attached hydrogens (primary N) is 1. The van der Waals surface area contributed by atoms with Gasteiger partial charge in [-0.3, -0.25) is 4.99 Å². The molecule has 2 aromatic carbocycles. The van der Waals surface area contributed by atoms with Gasteiger partial charge in [-0.1, -0.05) is 23.9 Å². The van der Waals surface area contributed by atoms with Gasteiger partial charge in [-0.05, 0) is 37.4 Å². The van der Waals surface area contributed by atoms with Gasteiger partial charge in [-0.15, -0.1) is 11.3 Å². The van der Waals surface area contributed by atoms with Gasteiger partial charge in [0.15, 0.2) is 6.04 Å². The highest BCUT2D eigenvalue weighted by atomic mass is 32.2. The molecule has 0 saturated carbocycles. The number of carboxylic acid groups (broad SMARTS) is 1. The second kappa shape index (κ2) is 5.19. The molecule has 0 fully saturated rings. The molecule has 7 heteroatoms. The molecule has 0 bridgehead atoms. The van der Waals surface area contributed by atoms with Crippen LogP contribution in [-0.2, 0) is 4.79 Å². The number of thioether (sulfide) groups is 1. The second-order valence-electron chi connectivity index (χ2n) is 6.29. The lowest BCUT2D eigenvalue weighted by molar-refractivity contribution is -0.138. The first-order chi connectivity index (χ1) is 11.3. The number of benzene rings is 2. The molecule has 122 valence electrons. The Morgan fingerprint density at radius 1 is 1.29 bits per heavy atom. The van der Waals surface area contributed by atoms with Crippen LogP contribution in [0.4, 0.5) is 5.69 Å². The number of nitrogen functional groups attached to an aromatic ring is 1. The minimum atomic E-state index is -0.899. The van der Waals surface area contributed by atoms with Gasteiger partial charge in [-0.2, -0.15) is 0 Å². The highest BCUT2D eigenvalue weighted by Crippen LogP contribution is 2.42. The van der Waals surface area contributed by atoms with E-state index in [9.17, 15) is 9.90 Å². The van der Waals surface area contributed by atoms with Crippen molar-refractivity contribution in [3.8, 4) is 0 Å². The molecule has 1 aliphatic heterocycles. The fraction of sp³-hybridized carbons (Fsp3) is 0.235. The van der Waals surface area contributed by atoms with E-state index < -0.39 is 16.8 Å². The maximum absolute atomic E-state index is 11.4. The third-order valence-electron chi connectivity index (χ3n) is 4.08. The summed E-state index contributed by atoms with van der Waals surface area (Å²) in [5, 5.41) is 13.0. The maximum atomic E-state index is 11.4. The number of aromatic nitrogens is 1. The molecule has 1 aliphatic rings. The summed E-state index contributed by atoms with van der Waals surface area (Å²) in [6.07, 6.45) is 0. The van der Waals surface area contributed by atoms with Gasteiger partial charge in [0.05, 0.1) is 10.2 Å². The van der Waals surface area contributed by atoms with Crippen molar-refractivity contribution in [3.05, 3.63) is 35.3 Å². The van der Waals surface area contributed by atoms with E-state index in [1.807, 2.05) is 44.2 Å². The zero-order valence-corrected chi connectivity index (χ0v) is 14.7. The number of carbonyl (C=O) groups is 1. The van der Waals surface area contributed by atoms with Gasteiger partial charge in [0.1, 0.15) is 10.1 Å². The molecule has 0 unspecified atom stereocenters. The molecule has 3 N–H and O–H groups in total. The molecule has 0 amide bonds. The Kier molecular flexibility index (Phi) is 3.33. The van der Waals surface area contributed by atoms with Gasteiger partial charge in [-0.25, -0.2) is 9.78 Å². The third-order valence-corrected chi connectivity index (χ3v) is 6.56. The lowest BCUT2D eigenvalue weighted by Crippen LogP contribution is -2.34. The molecular formula is C17H15N3O2S2. The maximum Gasteiger partial charge on any atom is 0.329 e. The standard InChI is InChI=1S/C17H15N3O2S2/c1-17(2)13(16(21)22)20-15(24-17)14-19-11-6-3-8-7-9(18)4-5-10(8)12(11)23-14/h3-7,13H,18H2,1-2H3,(H,21,22)/t13-/m0/s1. The van der Waals surface area contributed by atoms with Gasteiger partial charge in [0, 0.05) is 15.8 Å². The largest absolute Gasteiger partial charge is 0.480 e. The van der Waals surface area contributed by atoms with E-state index in [0.29, 0.717) is 5.04 Å². The van der Waals surface area contributed by atoms with Crippen molar-refractivity contribution in [2.75, 3.05) is 5.73 Å². The Morgan fingerprint density at radius 3 is 2.79 bits per heavy atom. The summed E-state index contributed by atoms with van der Waals surface area (Å²) in [4.78, 5) is 20.5.